The van der Waals surface area contributed by atoms with Gasteiger partial charge in [-0.25, -0.2) is 4.39 Å². The van der Waals surface area contributed by atoms with Crippen molar-refractivity contribution in [3.05, 3.63) is 35.6 Å². The van der Waals surface area contributed by atoms with Gasteiger partial charge in [0.2, 0.25) is 0 Å². The minimum absolute atomic E-state index is 0.142. The summed E-state index contributed by atoms with van der Waals surface area (Å²) >= 11 is 3.59. The molecular formula is C11H13BrFN. The summed E-state index contributed by atoms with van der Waals surface area (Å²) in [6, 6.07) is 6.85. The Labute approximate surface area is 92.0 Å². The van der Waals surface area contributed by atoms with Gasteiger partial charge in [-0.2, -0.15) is 0 Å². The lowest BCUT2D eigenvalue weighted by Gasteiger charge is -2.14. The van der Waals surface area contributed by atoms with E-state index in [2.05, 4.69) is 20.8 Å². The fourth-order valence-electron chi connectivity index (χ4n) is 1.82. The Morgan fingerprint density at radius 1 is 1.50 bits per heavy atom. The van der Waals surface area contributed by atoms with Crippen LogP contribution < -0.4 is 0 Å². The van der Waals surface area contributed by atoms with Crippen LogP contribution in [0.5, 0.6) is 0 Å². The zero-order chi connectivity index (χ0) is 9.97. The third-order valence-corrected chi connectivity index (χ3v) is 3.26. The summed E-state index contributed by atoms with van der Waals surface area (Å²) in [7, 11) is 0. The monoisotopic (exact) mass is 257 g/mol. The molecule has 1 aliphatic rings. The Hall–Kier alpha value is -0.410. The fourth-order valence-corrected chi connectivity index (χ4v) is 2.44. The van der Waals surface area contributed by atoms with Crippen molar-refractivity contribution in [2.45, 2.75) is 17.8 Å². The van der Waals surface area contributed by atoms with Gasteiger partial charge in [0, 0.05) is 17.9 Å². The molecule has 0 aromatic heterocycles. The number of hydrogen-bond donors (Lipinski definition) is 0. The fraction of sp³-hybridized carbons (Fsp3) is 0.455. The smallest absolute Gasteiger partial charge is 0.123 e. The second-order valence-corrected chi connectivity index (χ2v) is 5.05. The van der Waals surface area contributed by atoms with Crippen molar-refractivity contribution in [1.82, 2.24) is 4.90 Å². The first kappa shape index (κ1) is 10.1. The molecule has 0 bridgehead atoms. The molecule has 1 aliphatic heterocycles. The number of halogens is 2. The third-order valence-electron chi connectivity index (χ3n) is 2.51. The van der Waals surface area contributed by atoms with Crippen LogP contribution in [0.25, 0.3) is 0 Å². The van der Waals surface area contributed by atoms with Crippen LogP contribution in [-0.2, 0) is 6.54 Å². The molecule has 1 fully saturated rings. The molecule has 0 radical (unpaired) electrons. The minimum Gasteiger partial charge on any atom is -0.298 e. The molecule has 3 heteroatoms. The molecule has 1 atom stereocenters. The van der Waals surface area contributed by atoms with Crippen LogP contribution >= 0.6 is 15.9 Å². The Bertz CT molecular complexity index is 316. The van der Waals surface area contributed by atoms with Gasteiger partial charge in [-0.1, -0.05) is 28.1 Å². The second kappa shape index (κ2) is 4.41. The number of alkyl halides is 1. The van der Waals surface area contributed by atoms with Crippen molar-refractivity contribution in [3.8, 4) is 0 Å². The lowest BCUT2D eigenvalue weighted by atomic mass is 10.2. The summed E-state index contributed by atoms with van der Waals surface area (Å²) in [6.45, 7) is 3.03. The summed E-state index contributed by atoms with van der Waals surface area (Å²) in [5.41, 5.74) is 1.06. The molecule has 1 saturated heterocycles. The minimum atomic E-state index is -0.142. The van der Waals surface area contributed by atoms with Gasteiger partial charge in [0.1, 0.15) is 5.82 Å². The van der Waals surface area contributed by atoms with Gasteiger partial charge < -0.3 is 0 Å². The molecule has 0 spiro atoms. The lowest BCUT2D eigenvalue weighted by molar-refractivity contribution is 0.332. The molecule has 0 N–H and O–H groups in total. The van der Waals surface area contributed by atoms with E-state index in [1.807, 2.05) is 6.07 Å². The van der Waals surface area contributed by atoms with Crippen LogP contribution in [0.1, 0.15) is 12.0 Å². The van der Waals surface area contributed by atoms with Crippen molar-refractivity contribution >= 4 is 15.9 Å². The van der Waals surface area contributed by atoms with Crippen LogP contribution in [0.15, 0.2) is 24.3 Å². The van der Waals surface area contributed by atoms with Crippen molar-refractivity contribution in [2.24, 2.45) is 0 Å². The zero-order valence-electron chi connectivity index (χ0n) is 7.92. The van der Waals surface area contributed by atoms with E-state index in [-0.39, 0.29) is 5.82 Å². The van der Waals surface area contributed by atoms with E-state index in [1.54, 1.807) is 12.1 Å². The molecule has 1 aromatic rings. The summed E-state index contributed by atoms with van der Waals surface area (Å²) in [6.07, 6.45) is 1.19. The van der Waals surface area contributed by atoms with E-state index in [1.165, 1.54) is 12.5 Å². The van der Waals surface area contributed by atoms with E-state index in [4.69, 9.17) is 0 Å². The van der Waals surface area contributed by atoms with Crippen molar-refractivity contribution in [1.29, 1.82) is 0 Å². The van der Waals surface area contributed by atoms with Gasteiger partial charge in [0.05, 0.1) is 0 Å². The number of hydrogen-bond acceptors (Lipinski definition) is 1. The summed E-state index contributed by atoms with van der Waals surface area (Å²) in [5.74, 6) is -0.142. The highest BCUT2D eigenvalue weighted by atomic mass is 79.9. The van der Waals surface area contributed by atoms with Crippen LogP contribution in [0.4, 0.5) is 4.39 Å². The van der Waals surface area contributed by atoms with E-state index in [0.717, 1.165) is 25.2 Å². The summed E-state index contributed by atoms with van der Waals surface area (Å²) in [4.78, 5) is 2.95. The predicted molar refractivity (Wildman–Crippen MR) is 59.0 cm³/mol. The Morgan fingerprint density at radius 3 is 3.00 bits per heavy atom. The molecule has 0 saturated carbocycles. The largest absolute Gasteiger partial charge is 0.298 e. The Kier molecular flexibility index (Phi) is 3.19. The first-order valence-corrected chi connectivity index (χ1v) is 5.76. The van der Waals surface area contributed by atoms with E-state index in [0.29, 0.717) is 4.83 Å². The maximum atomic E-state index is 12.9. The van der Waals surface area contributed by atoms with E-state index < -0.39 is 0 Å². The van der Waals surface area contributed by atoms with Gasteiger partial charge in [0.25, 0.3) is 0 Å². The standard InChI is InChI=1S/C11H13BrFN/c12-10-4-5-14(8-10)7-9-2-1-3-11(13)6-9/h1-3,6,10H,4-5,7-8H2. The van der Waals surface area contributed by atoms with E-state index >= 15 is 0 Å². The zero-order valence-corrected chi connectivity index (χ0v) is 9.50. The predicted octanol–water partition coefficient (Wildman–Crippen LogP) is 2.79. The SMILES string of the molecule is Fc1cccc(CN2CCC(Br)C2)c1. The normalized spacial score (nSPS) is 22.9. The van der Waals surface area contributed by atoms with Gasteiger partial charge >= 0.3 is 0 Å². The van der Waals surface area contributed by atoms with Gasteiger partial charge in [-0.05, 0) is 30.7 Å². The molecule has 2 rings (SSSR count). The van der Waals surface area contributed by atoms with Crippen molar-refractivity contribution in [3.63, 3.8) is 0 Å². The van der Waals surface area contributed by atoms with Gasteiger partial charge in [-0.3, -0.25) is 4.90 Å². The number of benzene rings is 1. The summed E-state index contributed by atoms with van der Waals surface area (Å²) in [5, 5.41) is 0. The maximum absolute atomic E-state index is 12.9. The Balaban J connectivity index is 1.97. The highest BCUT2D eigenvalue weighted by molar-refractivity contribution is 9.09. The highest BCUT2D eigenvalue weighted by Crippen LogP contribution is 2.18. The molecule has 14 heavy (non-hydrogen) atoms. The molecule has 1 nitrogen and oxygen atoms in total. The molecule has 76 valence electrons. The molecule has 1 heterocycles. The third kappa shape index (κ3) is 2.55. The lowest BCUT2D eigenvalue weighted by Crippen LogP contribution is -2.20. The number of rotatable bonds is 2. The van der Waals surface area contributed by atoms with Crippen LogP contribution in [0.3, 0.4) is 0 Å². The first-order valence-electron chi connectivity index (χ1n) is 4.85. The first-order chi connectivity index (χ1) is 6.74. The van der Waals surface area contributed by atoms with Gasteiger partial charge in [-0.15, -0.1) is 0 Å². The topological polar surface area (TPSA) is 3.24 Å². The second-order valence-electron chi connectivity index (χ2n) is 3.75. The maximum Gasteiger partial charge on any atom is 0.123 e. The molecule has 0 amide bonds. The number of nitrogens with zero attached hydrogens (tertiary/aromatic N) is 1. The number of likely N-dealkylation sites (tertiary alicyclic amines) is 1. The average molecular weight is 258 g/mol. The van der Waals surface area contributed by atoms with Crippen LogP contribution in [-0.4, -0.2) is 22.8 Å². The molecular weight excluding hydrogens is 245 g/mol. The molecule has 1 unspecified atom stereocenters. The Morgan fingerprint density at radius 2 is 2.36 bits per heavy atom. The highest BCUT2D eigenvalue weighted by Gasteiger charge is 2.19. The average Bonchev–Trinajstić information content (AvgIpc) is 2.51. The van der Waals surface area contributed by atoms with Gasteiger partial charge in [0.15, 0.2) is 0 Å². The quantitative estimate of drug-likeness (QED) is 0.737. The summed E-state index contributed by atoms with van der Waals surface area (Å²) < 4.78 is 12.9. The van der Waals surface area contributed by atoms with Crippen LogP contribution in [0.2, 0.25) is 0 Å². The van der Waals surface area contributed by atoms with E-state index in [9.17, 15) is 4.39 Å². The molecule has 0 aliphatic carbocycles. The van der Waals surface area contributed by atoms with Crippen molar-refractivity contribution < 1.29 is 4.39 Å². The molecule has 1 aromatic carbocycles. The van der Waals surface area contributed by atoms with Crippen LogP contribution in [0, 0.1) is 5.82 Å². The van der Waals surface area contributed by atoms with Crippen molar-refractivity contribution in [2.75, 3.05) is 13.1 Å².